The van der Waals surface area contributed by atoms with Crippen molar-refractivity contribution in [3.05, 3.63) is 151 Å². The summed E-state index contributed by atoms with van der Waals surface area (Å²) in [4.78, 5) is 12.4. The van der Waals surface area contributed by atoms with Gasteiger partial charge in [0.2, 0.25) is 11.9 Å². The molecule has 46 heavy (non-hydrogen) atoms. The van der Waals surface area contributed by atoms with E-state index in [1.54, 1.807) is 0 Å². The predicted molar refractivity (Wildman–Crippen MR) is 189 cm³/mol. The van der Waals surface area contributed by atoms with Gasteiger partial charge in [0.25, 0.3) is 0 Å². The first-order valence-corrected chi connectivity index (χ1v) is 15.7. The third kappa shape index (κ3) is 3.96. The molecule has 1 aliphatic carbocycles. The fourth-order valence-electron chi connectivity index (χ4n) is 7.19. The number of anilines is 4. The van der Waals surface area contributed by atoms with E-state index >= 15 is 0 Å². The molecular weight excluding hydrogens is 564 g/mol. The van der Waals surface area contributed by atoms with Crippen molar-refractivity contribution in [2.24, 2.45) is 0 Å². The average Bonchev–Trinajstić information content (AvgIpc) is 3.71. The predicted octanol–water partition coefficient (Wildman–Crippen LogP) is 9.67. The number of nitrogens with one attached hydrogen (secondary N) is 1. The third-order valence-electron chi connectivity index (χ3n) is 9.49. The highest BCUT2D eigenvalue weighted by molar-refractivity contribution is 5.85. The van der Waals surface area contributed by atoms with Crippen LogP contribution in [0.25, 0.3) is 38.9 Å². The quantitative estimate of drug-likeness (QED) is 0.215. The topological polar surface area (TPSA) is 50.9 Å². The zero-order valence-electron chi connectivity index (χ0n) is 25.7. The van der Waals surface area contributed by atoms with Crippen LogP contribution in [0.1, 0.15) is 18.5 Å². The summed E-state index contributed by atoms with van der Waals surface area (Å²) in [7, 11) is 0. The Morgan fingerprint density at radius 1 is 0.674 bits per heavy atom. The highest BCUT2D eigenvalue weighted by atomic mass is 15.4. The van der Waals surface area contributed by atoms with Crippen molar-refractivity contribution in [1.29, 1.82) is 0 Å². The standard InChI is InChI=1S/C40H32N6/c1-27-11-3-6-14-34(27)44-35-15-7-4-12-32(35)42-38(44)41-30-22-18-28(19-23-30)29-20-24-31(25-21-29)46-39-43-33-13-5-8-16-36(33)45(39)37-17-9-10-26-40(37,46)2/h3-26,37H,1-2H3,(H,41,42). The maximum atomic E-state index is 5.10. The molecule has 1 N–H and O–H groups in total. The molecule has 0 fully saturated rings. The molecule has 6 nitrogen and oxygen atoms in total. The van der Waals surface area contributed by atoms with Crippen molar-refractivity contribution in [2.75, 3.05) is 10.2 Å². The second-order valence-corrected chi connectivity index (χ2v) is 12.3. The summed E-state index contributed by atoms with van der Waals surface area (Å²) < 4.78 is 4.58. The van der Waals surface area contributed by atoms with Crippen LogP contribution in [0.4, 0.5) is 23.3 Å². The number of fused-ring (bicyclic) bond motifs is 6. The summed E-state index contributed by atoms with van der Waals surface area (Å²) >= 11 is 0. The first-order valence-electron chi connectivity index (χ1n) is 15.7. The van der Waals surface area contributed by atoms with Gasteiger partial charge in [0, 0.05) is 11.4 Å². The molecule has 2 aromatic heterocycles. The van der Waals surface area contributed by atoms with Crippen molar-refractivity contribution in [3.63, 3.8) is 0 Å². The second-order valence-electron chi connectivity index (χ2n) is 12.3. The van der Waals surface area contributed by atoms with E-state index in [0.29, 0.717) is 0 Å². The minimum absolute atomic E-state index is 0.165. The van der Waals surface area contributed by atoms with Crippen molar-refractivity contribution in [3.8, 4) is 16.8 Å². The van der Waals surface area contributed by atoms with Crippen molar-refractivity contribution < 1.29 is 0 Å². The van der Waals surface area contributed by atoms with Gasteiger partial charge in [0.05, 0.1) is 39.3 Å². The van der Waals surface area contributed by atoms with Crippen LogP contribution >= 0.6 is 0 Å². The zero-order valence-corrected chi connectivity index (χ0v) is 25.7. The molecule has 5 aromatic carbocycles. The number of rotatable bonds is 5. The van der Waals surface area contributed by atoms with E-state index in [0.717, 1.165) is 62.2 Å². The summed E-state index contributed by atoms with van der Waals surface area (Å²) in [5.41, 5.74) is 10.7. The number of aromatic nitrogens is 4. The number of hydrogen-bond acceptors (Lipinski definition) is 4. The summed E-state index contributed by atoms with van der Waals surface area (Å²) in [5, 5.41) is 3.59. The molecular formula is C40H32N6. The lowest BCUT2D eigenvalue weighted by molar-refractivity contribution is 0.475. The van der Waals surface area contributed by atoms with Crippen LogP contribution in [-0.4, -0.2) is 24.6 Å². The van der Waals surface area contributed by atoms with Gasteiger partial charge in [-0.05, 0) is 85.1 Å². The van der Waals surface area contributed by atoms with E-state index in [1.807, 2.05) is 6.07 Å². The SMILES string of the molecule is Cc1ccccc1-n1c(Nc2ccc(-c3ccc(N4c5nc6ccccc6n5C5C=CC=CC54C)cc3)cc2)nc2ccccc21. The third-order valence-corrected chi connectivity index (χ3v) is 9.49. The van der Waals surface area contributed by atoms with E-state index in [-0.39, 0.29) is 11.6 Å². The number of hydrogen-bond donors (Lipinski definition) is 1. The second kappa shape index (κ2) is 10.1. The van der Waals surface area contributed by atoms with Crippen molar-refractivity contribution in [1.82, 2.24) is 19.1 Å². The van der Waals surface area contributed by atoms with Gasteiger partial charge in [-0.25, -0.2) is 9.97 Å². The van der Waals surface area contributed by atoms with Crippen LogP contribution in [0.2, 0.25) is 0 Å². The van der Waals surface area contributed by atoms with Crippen LogP contribution in [0.15, 0.2) is 146 Å². The van der Waals surface area contributed by atoms with Gasteiger partial charge in [0.1, 0.15) is 0 Å². The number of para-hydroxylation sites is 5. The maximum Gasteiger partial charge on any atom is 0.213 e. The monoisotopic (exact) mass is 596 g/mol. The normalized spacial score (nSPS) is 18.3. The van der Waals surface area contributed by atoms with E-state index in [4.69, 9.17) is 9.97 Å². The molecule has 2 atom stereocenters. The highest BCUT2D eigenvalue weighted by Gasteiger charge is 2.48. The van der Waals surface area contributed by atoms with Gasteiger partial charge in [-0.1, -0.05) is 91.0 Å². The Bertz CT molecular complexity index is 2320. The number of nitrogens with zero attached hydrogens (tertiary/aromatic N) is 5. The summed E-state index contributed by atoms with van der Waals surface area (Å²) in [6.07, 6.45) is 8.89. The van der Waals surface area contributed by atoms with Crippen LogP contribution in [0.5, 0.6) is 0 Å². The molecule has 0 spiro atoms. The smallest absolute Gasteiger partial charge is 0.213 e. The number of allylic oxidation sites excluding steroid dienone is 2. The Hall–Kier alpha value is -5.88. The maximum absolute atomic E-state index is 5.10. The van der Waals surface area contributed by atoms with Crippen LogP contribution in [0, 0.1) is 6.92 Å². The molecule has 2 unspecified atom stereocenters. The van der Waals surface area contributed by atoms with Gasteiger partial charge >= 0.3 is 0 Å². The molecule has 0 radical (unpaired) electrons. The molecule has 0 amide bonds. The summed E-state index contributed by atoms with van der Waals surface area (Å²) in [6.45, 7) is 4.43. The molecule has 3 heterocycles. The first kappa shape index (κ1) is 26.5. The lowest BCUT2D eigenvalue weighted by Crippen LogP contribution is -2.42. The molecule has 0 saturated carbocycles. The van der Waals surface area contributed by atoms with Crippen molar-refractivity contribution >= 4 is 45.3 Å². The van der Waals surface area contributed by atoms with Gasteiger partial charge in [-0.3, -0.25) is 4.57 Å². The number of imidazole rings is 2. The molecule has 0 saturated heterocycles. The molecule has 2 aliphatic rings. The molecule has 6 heteroatoms. The Kier molecular flexibility index (Phi) is 5.81. The number of benzene rings is 5. The van der Waals surface area contributed by atoms with Gasteiger partial charge in [-0.15, -0.1) is 0 Å². The highest BCUT2D eigenvalue weighted by Crippen LogP contribution is 2.51. The Labute approximate surface area is 267 Å². The minimum Gasteiger partial charge on any atom is -0.325 e. The lowest BCUT2D eigenvalue weighted by atomic mass is 9.87. The van der Waals surface area contributed by atoms with E-state index in [1.165, 1.54) is 5.56 Å². The van der Waals surface area contributed by atoms with E-state index in [2.05, 4.69) is 173 Å². The molecule has 9 rings (SSSR count). The first-order chi connectivity index (χ1) is 22.6. The molecule has 1 aliphatic heterocycles. The minimum atomic E-state index is -0.245. The van der Waals surface area contributed by atoms with Gasteiger partial charge in [-0.2, -0.15) is 0 Å². The van der Waals surface area contributed by atoms with Crippen LogP contribution in [-0.2, 0) is 0 Å². The fraction of sp³-hybridized carbons (Fsp3) is 0.100. The average molecular weight is 597 g/mol. The van der Waals surface area contributed by atoms with Crippen LogP contribution < -0.4 is 10.2 Å². The summed E-state index contributed by atoms with van der Waals surface area (Å²) in [6, 6.07) is 42.7. The number of aryl methyl sites for hydroxylation is 1. The molecule has 222 valence electrons. The van der Waals surface area contributed by atoms with Crippen LogP contribution in [0.3, 0.4) is 0 Å². The van der Waals surface area contributed by atoms with Crippen molar-refractivity contribution in [2.45, 2.75) is 25.4 Å². The lowest BCUT2D eigenvalue weighted by Gasteiger charge is -2.37. The Morgan fingerprint density at radius 3 is 2.09 bits per heavy atom. The molecule has 0 bridgehead atoms. The van der Waals surface area contributed by atoms with E-state index in [9.17, 15) is 0 Å². The summed E-state index contributed by atoms with van der Waals surface area (Å²) in [5.74, 6) is 1.77. The molecule has 7 aromatic rings. The van der Waals surface area contributed by atoms with Gasteiger partial charge < -0.3 is 14.8 Å². The Morgan fingerprint density at radius 2 is 1.33 bits per heavy atom. The Balaban J connectivity index is 1.02. The largest absolute Gasteiger partial charge is 0.325 e. The van der Waals surface area contributed by atoms with Gasteiger partial charge in [0.15, 0.2) is 0 Å². The fourth-order valence-corrected chi connectivity index (χ4v) is 7.19. The zero-order chi connectivity index (χ0) is 30.8. The van der Waals surface area contributed by atoms with E-state index < -0.39 is 0 Å².